The fourth-order valence-corrected chi connectivity index (χ4v) is 2.75. The number of hydrogen-bond donors (Lipinski definition) is 1. The smallest absolute Gasteiger partial charge is 0.329 e. The third-order valence-corrected chi connectivity index (χ3v) is 4.43. The van der Waals surface area contributed by atoms with Gasteiger partial charge in [0.15, 0.2) is 0 Å². The molecule has 0 unspecified atom stereocenters. The Morgan fingerprint density at radius 1 is 1.12 bits per heavy atom. The predicted molar refractivity (Wildman–Crippen MR) is 102 cm³/mol. The van der Waals surface area contributed by atoms with E-state index in [4.69, 9.17) is 16.3 Å². The van der Waals surface area contributed by atoms with Gasteiger partial charge >= 0.3 is 5.97 Å². The van der Waals surface area contributed by atoms with Crippen molar-refractivity contribution in [2.75, 3.05) is 12.0 Å². The molecule has 0 bridgehead atoms. The maximum absolute atomic E-state index is 12.4. The normalized spacial score (nSPS) is 11.6. The standard InChI is InChI=1S/C19H20ClNO3S/c1-25-12-11-17(19(23)24-13-14-5-3-2-4-6-14)21-18(22)15-7-9-16(20)10-8-15/h2-10,17H,11-13H2,1H3,(H,21,22)/t17-/m0/s1. The molecule has 0 aliphatic carbocycles. The zero-order chi connectivity index (χ0) is 18.1. The molecule has 0 aromatic heterocycles. The van der Waals surface area contributed by atoms with E-state index >= 15 is 0 Å². The van der Waals surface area contributed by atoms with Gasteiger partial charge in [-0.15, -0.1) is 0 Å². The topological polar surface area (TPSA) is 55.4 Å². The first-order valence-electron chi connectivity index (χ1n) is 7.86. The van der Waals surface area contributed by atoms with Crippen LogP contribution in [-0.2, 0) is 16.1 Å². The Labute approximate surface area is 156 Å². The van der Waals surface area contributed by atoms with Crippen LogP contribution in [0.4, 0.5) is 0 Å². The van der Waals surface area contributed by atoms with Crippen molar-refractivity contribution in [1.82, 2.24) is 5.32 Å². The number of amides is 1. The van der Waals surface area contributed by atoms with Gasteiger partial charge in [-0.3, -0.25) is 4.79 Å². The first-order valence-corrected chi connectivity index (χ1v) is 9.63. The molecule has 0 aliphatic heterocycles. The van der Waals surface area contributed by atoms with Crippen molar-refractivity contribution in [1.29, 1.82) is 0 Å². The maximum Gasteiger partial charge on any atom is 0.329 e. The highest BCUT2D eigenvalue weighted by atomic mass is 35.5. The highest BCUT2D eigenvalue weighted by Crippen LogP contribution is 2.11. The van der Waals surface area contributed by atoms with E-state index in [0.29, 0.717) is 17.0 Å². The molecule has 2 aromatic rings. The summed E-state index contributed by atoms with van der Waals surface area (Å²) >= 11 is 7.44. The molecular weight excluding hydrogens is 358 g/mol. The van der Waals surface area contributed by atoms with Crippen LogP contribution in [0.2, 0.25) is 5.02 Å². The highest BCUT2D eigenvalue weighted by Gasteiger charge is 2.22. The van der Waals surface area contributed by atoms with E-state index in [2.05, 4.69) is 5.32 Å². The molecule has 2 aromatic carbocycles. The molecule has 0 radical (unpaired) electrons. The number of benzene rings is 2. The van der Waals surface area contributed by atoms with Crippen LogP contribution in [0, 0.1) is 0 Å². The van der Waals surface area contributed by atoms with E-state index in [9.17, 15) is 9.59 Å². The molecule has 25 heavy (non-hydrogen) atoms. The van der Waals surface area contributed by atoms with Gasteiger partial charge in [0.05, 0.1) is 0 Å². The lowest BCUT2D eigenvalue weighted by atomic mass is 10.1. The molecule has 0 fully saturated rings. The van der Waals surface area contributed by atoms with Crippen LogP contribution < -0.4 is 5.32 Å². The highest BCUT2D eigenvalue weighted by molar-refractivity contribution is 7.98. The van der Waals surface area contributed by atoms with Gasteiger partial charge in [0.2, 0.25) is 0 Å². The number of ether oxygens (including phenoxy) is 1. The second kappa shape index (κ2) is 10.1. The van der Waals surface area contributed by atoms with E-state index in [1.165, 1.54) is 0 Å². The van der Waals surface area contributed by atoms with E-state index in [0.717, 1.165) is 11.3 Å². The summed E-state index contributed by atoms with van der Waals surface area (Å²) in [7, 11) is 0. The molecule has 6 heteroatoms. The summed E-state index contributed by atoms with van der Waals surface area (Å²) in [6.07, 6.45) is 2.46. The van der Waals surface area contributed by atoms with Crippen LogP contribution >= 0.6 is 23.4 Å². The molecule has 0 saturated heterocycles. The molecule has 1 N–H and O–H groups in total. The number of rotatable bonds is 8. The second-order valence-corrected chi connectivity index (χ2v) is 6.83. The minimum atomic E-state index is -0.681. The van der Waals surface area contributed by atoms with Crippen molar-refractivity contribution in [3.8, 4) is 0 Å². The third kappa shape index (κ3) is 6.44. The zero-order valence-electron chi connectivity index (χ0n) is 13.9. The summed E-state index contributed by atoms with van der Waals surface area (Å²) in [6.45, 7) is 0.187. The fourth-order valence-electron chi connectivity index (χ4n) is 2.16. The van der Waals surface area contributed by atoms with Gasteiger partial charge in [-0.25, -0.2) is 4.79 Å². The van der Waals surface area contributed by atoms with Crippen molar-refractivity contribution in [3.05, 3.63) is 70.7 Å². The summed E-state index contributed by atoms with van der Waals surface area (Å²) in [5.74, 6) is -0.00826. The summed E-state index contributed by atoms with van der Waals surface area (Å²) in [5.41, 5.74) is 1.36. The summed E-state index contributed by atoms with van der Waals surface area (Å²) in [6, 6.07) is 15.3. The van der Waals surface area contributed by atoms with Crippen LogP contribution in [0.3, 0.4) is 0 Å². The second-order valence-electron chi connectivity index (χ2n) is 5.41. The first kappa shape index (κ1) is 19.3. The Balaban J connectivity index is 1.97. The molecule has 1 atom stereocenters. The fraction of sp³-hybridized carbons (Fsp3) is 0.263. The number of thioether (sulfide) groups is 1. The average Bonchev–Trinajstić information content (AvgIpc) is 2.64. The van der Waals surface area contributed by atoms with E-state index < -0.39 is 12.0 Å². The zero-order valence-corrected chi connectivity index (χ0v) is 15.5. The number of hydrogen-bond acceptors (Lipinski definition) is 4. The Morgan fingerprint density at radius 3 is 2.44 bits per heavy atom. The van der Waals surface area contributed by atoms with Crippen molar-refractivity contribution >= 4 is 35.2 Å². The molecule has 0 heterocycles. The Hall–Kier alpha value is -1.98. The Morgan fingerprint density at radius 2 is 1.80 bits per heavy atom. The molecule has 2 rings (SSSR count). The lowest BCUT2D eigenvalue weighted by molar-refractivity contribution is -0.147. The van der Waals surface area contributed by atoms with Gasteiger partial charge in [0.1, 0.15) is 12.6 Å². The molecule has 0 spiro atoms. The quantitative estimate of drug-likeness (QED) is 0.708. The van der Waals surface area contributed by atoms with Gasteiger partial charge < -0.3 is 10.1 Å². The van der Waals surface area contributed by atoms with Gasteiger partial charge in [0, 0.05) is 10.6 Å². The Bertz CT molecular complexity index is 692. The van der Waals surface area contributed by atoms with Crippen molar-refractivity contribution in [3.63, 3.8) is 0 Å². The summed E-state index contributed by atoms with van der Waals surface area (Å²) < 4.78 is 5.36. The first-order chi connectivity index (χ1) is 12.1. The summed E-state index contributed by atoms with van der Waals surface area (Å²) in [4.78, 5) is 24.7. The van der Waals surface area contributed by atoms with Crippen molar-refractivity contribution in [2.45, 2.75) is 19.1 Å². The molecular formula is C19H20ClNO3S. The number of esters is 1. The SMILES string of the molecule is CSCC[C@H](NC(=O)c1ccc(Cl)cc1)C(=O)OCc1ccccc1. The predicted octanol–water partition coefficient (Wildman–Crippen LogP) is 3.93. The van der Waals surface area contributed by atoms with Crippen LogP contribution in [0.5, 0.6) is 0 Å². The minimum Gasteiger partial charge on any atom is -0.459 e. The summed E-state index contributed by atoms with van der Waals surface area (Å²) in [5, 5.41) is 3.31. The van der Waals surface area contributed by atoms with Crippen molar-refractivity contribution < 1.29 is 14.3 Å². The van der Waals surface area contributed by atoms with Gasteiger partial charge in [-0.05, 0) is 48.3 Å². The van der Waals surface area contributed by atoms with Gasteiger partial charge in [-0.2, -0.15) is 11.8 Å². The lowest BCUT2D eigenvalue weighted by Gasteiger charge is -2.17. The van der Waals surface area contributed by atoms with Crippen LogP contribution in [0.1, 0.15) is 22.3 Å². The largest absolute Gasteiger partial charge is 0.459 e. The number of carbonyl (C=O) groups is 2. The number of carbonyl (C=O) groups excluding carboxylic acids is 2. The van der Waals surface area contributed by atoms with Crippen LogP contribution in [0.25, 0.3) is 0 Å². The number of nitrogens with one attached hydrogen (secondary N) is 1. The third-order valence-electron chi connectivity index (χ3n) is 3.53. The lowest BCUT2D eigenvalue weighted by Crippen LogP contribution is -2.42. The molecule has 4 nitrogen and oxygen atoms in total. The van der Waals surface area contributed by atoms with Crippen LogP contribution in [0.15, 0.2) is 54.6 Å². The van der Waals surface area contributed by atoms with Crippen molar-refractivity contribution in [2.24, 2.45) is 0 Å². The van der Waals surface area contributed by atoms with Gasteiger partial charge in [-0.1, -0.05) is 41.9 Å². The van der Waals surface area contributed by atoms with E-state index in [1.54, 1.807) is 36.0 Å². The molecule has 1 amide bonds. The monoisotopic (exact) mass is 377 g/mol. The van der Waals surface area contributed by atoms with Crippen LogP contribution in [-0.4, -0.2) is 29.9 Å². The Kier molecular flexibility index (Phi) is 7.82. The minimum absolute atomic E-state index is 0.187. The van der Waals surface area contributed by atoms with E-state index in [1.807, 2.05) is 36.6 Å². The maximum atomic E-state index is 12.4. The molecule has 0 saturated carbocycles. The molecule has 0 aliphatic rings. The average molecular weight is 378 g/mol. The van der Waals surface area contributed by atoms with Gasteiger partial charge in [0.25, 0.3) is 5.91 Å². The molecule has 132 valence electrons. The van der Waals surface area contributed by atoms with E-state index in [-0.39, 0.29) is 12.5 Å². The number of halogens is 1.